The summed E-state index contributed by atoms with van der Waals surface area (Å²) in [4.78, 5) is 4.33. The van der Waals surface area contributed by atoms with Crippen molar-refractivity contribution in [3.8, 4) is 0 Å². The summed E-state index contributed by atoms with van der Waals surface area (Å²) in [5.41, 5.74) is 1.21. The van der Waals surface area contributed by atoms with Crippen molar-refractivity contribution in [1.29, 1.82) is 0 Å². The molecule has 0 aliphatic carbocycles. The molecule has 0 radical (unpaired) electrons. The Kier molecular flexibility index (Phi) is 3.27. The number of nitrogens with zero attached hydrogens (tertiary/aromatic N) is 1. The van der Waals surface area contributed by atoms with Gasteiger partial charge in [-0.15, -0.1) is 0 Å². The molecule has 1 rings (SSSR count). The van der Waals surface area contributed by atoms with Crippen LogP contribution in [0.4, 0.5) is 0 Å². The van der Waals surface area contributed by atoms with E-state index in [1.165, 1.54) is 12.1 Å². The maximum atomic E-state index is 4.33. The summed E-state index contributed by atoms with van der Waals surface area (Å²) in [6.45, 7) is 6.74. The van der Waals surface area contributed by atoms with Crippen LogP contribution in [0.2, 0.25) is 0 Å². The van der Waals surface area contributed by atoms with Crippen molar-refractivity contribution < 1.29 is 0 Å². The Morgan fingerprint density at radius 3 is 2.50 bits per heavy atom. The van der Waals surface area contributed by atoms with Gasteiger partial charge in [-0.05, 0) is 30.4 Å². The first-order chi connectivity index (χ1) is 5.70. The third-order valence-electron chi connectivity index (χ3n) is 2.02. The number of hydrogen-bond acceptors (Lipinski definition) is 1. The van der Waals surface area contributed by atoms with Gasteiger partial charge in [-0.2, -0.15) is 0 Å². The van der Waals surface area contributed by atoms with Gasteiger partial charge in [0.15, 0.2) is 0 Å². The first-order valence-corrected chi connectivity index (χ1v) is 4.61. The van der Waals surface area contributed by atoms with Crippen LogP contribution in [-0.2, 0) is 0 Å². The van der Waals surface area contributed by atoms with Gasteiger partial charge in [0.05, 0.1) is 0 Å². The van der Waals surface area contributed by atoms with Crippen LogP contribution in [0.1, 0.15) is 38.8 Å². The third-order valence-corrected chi connectivity index (χ3v) is 2.02. The lowest BCUT2D eigenvalue weighted by Gasteiger charge is -2.12. The van der Waals surface area contributed by atoms with Crippen molar-refractivity contribution in [2.75, 3.05) is 0 Å². The van der Waals surface area contributed by atoms with E-state index in [0.29, 0.717) is 5.92 Å². The van der Waals surface area contributed by atoms with Gasteiger partial charge in [0, 0.05) is 11.9 Å². The van der Waals surface area contributed by atoms with Crippen LogP contribution in [0.25, 0.3) is 0 Å². The molecule has 66 valence electrons. The molecule has 0 aliphatic rings. The van der Waals surface area contributed by atoms with Crippen LogP contribution < -0.4 is 0 Å². The normalized spacial score (nSPS) is 13.3. The Morgan fingerprint density at radius 1 is 1.25 bits per heavy atom. The molecule has 0 aliphatic heterocycles. The predicted octanol–water partition coefficient (Wildman–Crippen LogP) is 3.23. The lowest BCUT2D eigenvalue weighted by molar-refractivity contribution is 0.516. The highest BCUT2D eigenvalue weighted by Gasteiger charge is 2.07. The van der Waals surface area contributed by atoms with Crippen molar-refractivity contribution in [1.82, 2.24) is 4.98 Å². The first-order valence-electron chi connectivity index (χ1n) is 4.61. The predicted molar refractivity (Wildman–Crippen MR) is 52.1 cm³/mol. The lowest BCUT2D eigenvalue weighted by Crippen LogP contribution is -2.00. The van der Waals surface area contributed by atoms with Crippen molar-refractivity contribution in [2.24, 2.45) is 5.92 Å². The van der Waals surface area contributed by atoms with E-state index in [-0.39, 0.29) is 0 Å². The lowest BCUT2D eigenvalue weighted by atomic mass is 9.96. The van der Waals surface area contributed by atoms with E-state index in [4.69, 9.17) is 0 Å². The molecule has 0 amide bonds. The van der Waals surface area contributed by atoms with Crippen LogP contribution in [0.3, 0.4) is 0 Å². The highest BCUT2D eigenvalue weighted by molar-refractivity contribution is 5.08. The van der Waals surface area contributed by atoms with E-state index in [1.807, 2.05) is 12.3 Å². The van der Waals surface area contributed by atoms with E-state index in [9.17, 15) is 0 Å². The van der Waals surface area contributed by atoms with Crippen LogP contribution in [-0.4, -0.2) is 4.98 Å². The van der Waals surface area contributed by atoms with E-state index in [0.717, 1.165) is 5.92 Å². The Hall–Kier alpha value is -0.850. The van der Waals surface area contributed by atoms with Crippen LogP contribution in [0.15, 0.2) is 24.4 Å². The average molecular weight is 163 g/mol. The fourth-order valence-electron chi connectivity index (χ4n) is 1.50. The van der Waals surface area contributed by atoms with E-state index in [2.05, 4.69) is 37.9 Å². The molecule has 1 aromatic rings. The molecule has 0 fully saturated rings. The van der Waals surface area contributed by atoms with Gasteiger partial charge in [0.1, 0.15) is 0 Å². The quantitative estimate of drug-likeness (QED) is 0.666. The number of pyridine rings is 1. The minimum Gasteiger partial charge on any atom is -0.261 e. The third kappa shape index (κ3) is 2.65. The average Bonchev–Trinajstić information content (AvgIpc) is 2.05. The van der Waals surface area contributed by atoms with Gasteiger partial charge in [0.2, 0.25) is 0 Å². The standard InChI is InChI=1S/C11H17N/c1-9(2)8-10(3)11-6-4-5-7-12-11/h4-7,9-10H,8H2,1-3H3. The number of rotatable bonds is 3. The zero-order chi connectivity index (χ0) is 8.97. The van der Waals surface area contributed by atoms with Gasteiger partial charge in [-0.25, -0.2) is 0 Å². The highest BCUT2D eigenvalue weighted by Crippen LogP contribution is 2.20. The molecule has 0 spiro atoms. The summed E-state index contributed by atoms with van der Waals surface area (Å²) in [6, 6.07) is 6.12. The zero-order valence-corrected chi connectivity index (χ0v) is 8.12. The van der Waals surface area contributed by atoms with E-state index in [1.54, 1.807) is 0 Å². The maximum absolute atomic E-state index is 4.33. The Bertz CT molecular complexity index is 216. The second-order valence-electron chi connectivity index (χ2n) is 3.79. The molecule has 0 bridgehead atoms. The second kappa shape index (κ2) is 4.24. The minimum atomic E-state index is 0.589. The summed E-state index contributed by atoms with van der Waals surface area (Å²) >= 11 is 0. The van der Waals surface area contributed by atoms with E-state index < -0.39 is 0 Å². The molecular formula is C11H17N. The van der Waals surface area contributed by atoms with Gasteiger partial charge in [-0.3, -0.25) is 4.98 Å². The van der Waals surface area contributed by atoms with Crippen molar-refractivity contribution in [2.45, 2.75) is 33.1 Å². The fourth-order valence-corrected chi connectivity index (χ4v) is 1.50. The van der Waals surface area contributed by atoms with Crippen LogP contribution in [0.5, 0.6) is 0 Å². The monoisotopic (exact) mass is 163 g/mol. The molecule has 1 aromatic heterocycles. The molecular weight excluding hydrogens is 146 g/mol. The summed E-state index contributed by atoms with van der Waals surface area (Å²) in [5, 5.41) is 0. The molecule has 1 nitrogen and oxygen atoms in total. The smallest absolute Gasteiger partial charge is 0.0431 e. The summed E-state index contributed by atoms with van der Waals surface area (Å²) in [7, 11) is 0. The SMILES string of the molecule is CC(C)CC(C)c1ccccn1. The maximum Gasteiger partial charge on any atom is 0.0431 e. The molecule has 0 N–H and O–H groups in total. The molecule has 12 heavy (non-hydrogen) atoms. The van der Waals surface area contributed by atoms with Gasteiger partial charge >= 0.3 is 0 Å². The summed E-state index contributed by atoms with van der Waals surface area (Å²) in [5.74, 6) is 1.34. The summed E-state index contributed by atoms with van der Waals surface area (Å²) in [6.07, 6.45) is 3.09. The molecule has 1 heteroatoms. The fraction of sp³-hybridized carbons (Fsp3) is 0.545. The largest absolute Gasteiger partial charge is 0.261 e. The zero-order valence-electron chi connectivity index (χ0n) is 8.12. The molecule has 0 saturated heterocycles. The molecule has 1 heterocycles. The molecule has 0 aromatic carbocycles. The topological polar surface area (TPSA) is 12.9 Å². The highest BCUT2D eigenvalue weighted by atomic mass is 14.7. The number of hydrogen-bond donors (Lipinski definition) is 0. The Labute approximate surface area is 74.8 Å². The van der Waals surface area contributed by atoms with Crippen molar-refractivity contribution in [3.63, 3.8) is 0 Å². The van der Waals surface area contributed by atoms with Gasteiger partial charge in [-0.1, -0.05) is 26.8 Å². The Morgan fingerprint density at radius 2 is 2.00 bits per heavy atom. The molecule has 1 atom stereocenters. The van der Waals surface area contributed by atoms with E-state index >= 15 is 0 Å². The van der Waals surface area contributed by atoms with Crippen molar-refractivity contribution in [3.05, 3.63) is 30.1 Å². The van der Waals surface area contributed by atoms with Crippen LogP contribution >= 0.6 is 0 Å². The molecule has 1 unspecified atom stereocenters. The Balaban J connectivity index is 2.59. The second-order valence-corrected chi connectivity index (χ2v) is 3.79. The van der Waals surface area contributed by atoms with Gasteiger partial charge in [0.25, 0.3) is 0 Å². The molecule has 0 saturated carbocycles. The minimum absolute atomic E-state index is 0.589. The number of aromatic nitrogens is 1. The van der Waals surface area contributed by atoms with Gasteiger partial charge < -0.3 is 0 Å². The first kappa shape index (κ1) is 9.24. The summed E-state index contributed by atoms with van der Waals surface area (Å²) < 4.78 is 0. The van der Waals surface area contributed by atoms with Crippen molar-refractivity contribution >= 4 is 0 Å². The van der Waals surface area contributed by atoms with Crippen LogP contribution in [0, 0.1) is 5.92 Å².